The molecule has 3 nitrogen and oxygen atoms in total. The van der Waals surface area contributed by atoms with E-state index in [1.807, 2.05) is 11.0 Å². The van der Waals surface area contributed by atoms with E-state index in [1.165, 1.54) is 5.56 Å². The van der Waals surface area contributed by atoms with Gasteiger partial charge in [-0.25, -0.2) is 0 Å². The number of carbonyl (C=O) groups is 1. The van der Waals surface area contributed by atoms with Gasteiger partial charge < -0.3 is 10.2 Å². The summed E-state index contributed by atoms with van der Waals surface area (Å²) < 4.78 is 0. The number of hydrogen-bond donors (Lipinski definition) is 1. The molecule has 0 unspecified atom stereocenters. The summed E-state index contributed by atoms with van der Waals surface area (Å²) >= 11 is 0. The Morgan fingerprint density at radius 3 is 3.00 bits per heavy atom. The molecule has 1 saturated heterocycles. The zero-order valence-electron chi connectivity index (χ0n) is 10.9. The maximum absolute atomic E-state index is 12.7. The van der Waals surface area contributed by atoms with Gasteiger partial charge in [0.2, 0.25) is 5.91 Å². The van der Waals surface area contributed by atoms with Crippen LogP contribution in [-0.2, 0) is 11.2 Å². The van der Waals surface area contributed by atoms with Crippen molar-refractivity contribution in [1.82, 2.24) is 5.32 Å². The van der Waals surface area contributed by atoms with Gasteiger partial charge in [-0.3, -0.25) is 4.79 Å². The molecule has 1 amide bonds. The smallest absolute Gasteiger partial charge is 0.231 e. The number of nitrogens with zero attached hydrogens (tertiary/aromatic N) is 1. The Balaban J connectivity index is 1.85. The quantitative estimate of drug-likeness (QED) is 0.819. The van der Waals surface area contributed by atoms with Crippen LogP contribution in [0.15, 0.2) is 24.3 Å². The molecule has 0 spiro atoms. The van der Waals surface area contributed by atoms with Crippen molar-refractivity contribution < 1.29 is 4.79 Å². The van der Waals surface area contributed by atoms with Gasteiger partial charge in [-0.1, -0.05) is 18.2 Å². The van der Waals surface area contributed by atoms with Gasteiger partial charge in [0.15, 0.2) is 0 Å². The lowest BCUT2D eigenvalue weighted by Gasteiger charge is -2.30. The lowest BCUT2D eigenvalue weighted by molar-refractivity contribution is -0.123. The Kier molecular flexibility index (Phi) is 3.08. The minimum atomic E-state index is 0.160. The van der Waals surface area contributed by atoms with Gasteiger partial charge in [0.05, 0.1) is 5.92 Å². The van der Waals surface area contributed by atoms with E-state index in [9.17, 15) is 4.79 Å². The van der Waals surface area contributed by atoms with Gasteiger partial charge in [0, 0.05) is 18.3 Å². The highest BCUT2D eigenvalue weighted by atomic mass is 16.2. The number of para-hydroxylation sites is 1. The molecule has 1 aromatic rings. The van der Waals surface area contributed by atoms with E-state index in [0.29, 0.717) is 11.9 Å². The summed E-state index contributed by atoms with van der Waals surface area (Å²) in [7, 11) is 0. The Morgan fingerprint density at radius 2 is 2.22 bits per heavy atom. The van der Waals surface area contributed by atoms with Crippen LogP contribution in [-0.4, -0.2) is 25.0 Å². The number of hydrogen-bond acceptors (Lipinski definition) is 2. The van der Waals surface area contributed by atoms with Crippen LogP contribution in [0.1, 0.15) is 25.3 Å². The highest BCUT2D eigenvalue weighted by Gasteiger charge is 2.34. The van der Waals surface area contributed by atoms with Crippen LogP contribution < -0.4 is 10.2 Å². The monoisotopic (exact) mass is 244 g/mol. The fourth-order valence-electron chi connectivity index (χ4n) is 3.16. The third kappa shape index (κ3) is 1.93. The molecule has 3 heteroatoms. The second-order valence-electron chi connectivity index (χ2n) is 5.43. The largest absolute Gasteiger partial charge is 0.316 e. The zero-order valence-corrected chi connectivity index (χ0v) is 10.9. The third-order valence-electron chi connectivity index (χ3n) is 4.09. The number of benzene rings is 1. The molecule has 1 N–H and O–H groups in total. The maximum Gasteiger partial charge on any atom is 0.231 e. The molecule has 1 aromatic carbocycles. The molecule has 0 radical (unpaired) electrons. The van der Waals surface area contributed by atoms with Gasteiger partial charge in [-0.15, -0.1) is 0 Å². The highest BCUT2D eigenvalue weighted by molar-refractivity contribution is 5.97. The summed E-state index contributed by atoms with van der Waals surface area (Å²) in [5.41, 5.74) is 2.43. The molecule has 96 valence electrons. The molecule has 0 saturated carbocycles. The van der Waals surface area contributed by atoms with Crippen LogP contribution in [0.5, 0.6) is 0 Å². The van der Waals surface area contributed by atoms with Gasteiger partial charge in [0.25, 0.3) is 0 Å². The first-order valence-electron chi connectivity index (χ1n) is 6.89. The molecule has 0 aliphatic carbocycles. The third-order valence-corrected chi connectivity index (χ3v) is 4.09. The Morgan fingerprint density at radius 1 is 1.39 bits per heavy atom. The van der Waals surface area contributed by atoms with E-state index in [1.54, 1.807) is 0 Å². The summed E-state index contributed by atoms with van der Waals surface area (Å²) in [6.45, 7) is 4.04. The average Bonchev–Trinajstić information content (AvgIpc) is 2.75. The number of carbonyl (C=O) groups excluding carboxylic acids is 1. The number of piperidine rings is 1. The molecule has 2 heterocycles. The lowest BCUT2D eigenvalue weighted by atomic mass is 9.97. The summed E-state index contributed by atoms with van der Waals surface area (Å²) in [6, 6.07) is 8.60. The topological polar surface area (TPSA) is 32.3 Å². The molecule has 2 aliphatic rings. The van der Waals surface area contributed by atoms with E-state index in [0.717, 1.165) is 38.0 Å². The molecule has 0 bridgehead atoms. The molecule has 18 heavy (non-hydrogen) atoms. The molecule has 1 fully saturated rings. The summed E-state index contributed by atoms with van der Waals surface area (Å²) in [4.78, 5) is 14.7. The van der Waals surface area contributed by atoms with Gasteiger partial charge in [-0.05, 0) is 44.4 Å². The fourth-order valence-corrected chi connectivity index (χ4v) is 3.16. The molecule has 3 rings (SSSR count). The van der Waals surface area contributed by atoms with Crippen molar-refractivity contribution >= 4 is 11.6 Å². The molecule has 2 aliphatic heterocycles. The van der Waals surface area contributed by atoms with E-state index >= 15 is 0 Å². The second kappa shape index (κ2) is 4.73. The summed E-state index contributed by atoms with van der Waals surface area (Å²) in [5, 5.41) is 3.33. The average molecular weight is 244 g/mol. The van der Waals surface area contributed by atoms with Crippen molar-refractivity contribution in [3.63, 3.8) is 0 Å². The van der Waals surface area contributed by atoms with Gasteiger partial charge >= 0.3 is 0 Å². The molecule has 2 atom stereocenters. The van der Waals surface area contributed by atoms with Crippen LogP contribution in [0.2, 0.25) is 0 Å². The Labute approximate surface area is 108 Å². The normalized spacial score (nSPS) is 27.1. The lowest BCUT2D eigenvalue weighted by Crippen LogP contribution is -2.45. The molecular weight excluding hydrogens is 224 g/mol. The van der Waals surface area contributed by atoms with Crippen LogP contribution in [0, 0.1) is 5.92 Å². The van der Waals surface area contributed by atoms with Crippen molar-refractivity contribution in [2.24, 2.45) is 5.92 Å². The number of amides is 1. The number of anilines is 1. The molecule has 0 aromatic heterocycles. The maximum atomic E-state index is 12.7. The van der Waals surface area contributed by atoms with Crippen molar-refractivity contribution in [3.05, 3.63) is 29.8 Å². The van der Waals surface area contributed by atoms with Crippen LogP contribution >= 0.6 is 0 Å². The zero-order chi connectivity index (χ0) is 12.5. The predicted octanol–water partition coefficient (Wildman–Crippen LogP) is 1.96. The van der Waals surface area contributed by atoms with E-state index in [4.69, 9.17) is 0 Å². The summed E-state index contributed by atoms with van der Waals surface area (Å²) in [6.07, 6.45) is 3.12. The Bertz CT molecular complexity index is 452. The first kappa shape index (κ1) is 11.7. The highest BCUT2D eigenvalue weighted by Crippen LogP contribution is 2.33. The predicted molar refractivity (Wildman–Crippen MR) is 72.7 cm³/mol. The van der Waals surface area contributed by atoms with Crippen molar-refractivity contribution in [2.75, 3.05) is 18.0 Å². The van der Waals surface area contributed by atoms with Crippen LogP contribution in [0.3, 0.4) is 0 Å². The Hall–Kier alpha value is -1.35. The van der Waals surface area contributed by atoms with Crippen molar-refractivity contribution in [3.8, 4) is 0 Å². The standard InChI is InChI=1S/C15H20N2O/c1-11-9-12-5-2-3-7-14(12)17(11)15(18)13-6-4-8-16-10-13/h2-3,5,7,11,13,16H,4,6,8-10H2,1H3/t11-,13-/m1/s1. The SMILES string of the molecule is C[C@@H]1Cc2ccccc2N1C(=O)[C@@H]1CCCNC1. The minimum Gasteiger partial charge on any atom is -0.316 e. The van der Waals surface area contributed by atoms with Crippen LogP contribution in [0.4, 0.5) is 5.69 Å². The van der Waals surface area contributed by atoms with E-state index in [2.05, 4.69) is 30.4 Å². The van der Waals surface area contributed by atoms with Crippen molar-refractivity contribution in [2.45, 2.75) is 32.2 Å². The number of fused-ring (bicyclic) bond motifs is 1. The van der Waals surface area contributed by atoms with Gasteiger partial charge in [0.1, 0.15) is 0 Å². The molecular formula is C15H20N2O. The van der Waals surface area contributed by atoms with E-state index < -0.39 is 0 Å². The number of nitrogens with one attached hydrogen (secondary N) is 1. The first-order chi connectivity index (χ1) is 8.77. The van der Waals surface area contributed by atoms with Crippen LogP contribution in [0.25, 0.3) is 0 Å². The van der Waals surface area contributed by atoms with E-state index in [-0.39, 0.29) is 5.92 Å². The van der Waals surface area contributed by atoms with Crippen molar-refractivity contribution in [1.29, 1.82) is 0 Å². The van der Waals surface area contributed by atoms with Gasteiger partial charge in [-0.2, -0.15) is 0 Å². The fraction of sp³-hybridized carbons (Fsp3) is 0.533. The first-order valence-corrected chi connectivity index (χ1v) is 6.89. The second-order valence-corrected chi connectivity index (χ2v) is 5.43. The summed E-state index contributed by atoms with van der Waals surface area (Å²) in [5.74, 6) is 0.465. The minimum absolute atomic E-state index is 0.160. The number of rotatable bonds is 1.